The first kappa shape index (κ1) is 14.5. The predicted molar refractivity (Wildman–Crippen MR) is 67.0 cm³/mol. The van der Waals surface area contributed by atoms with E-state index >= 15 is 0 Å². The zero-order valence-electron chi connectivity index (χ0n) is 11.6. The fraction of sp³-hybridized carbons (Fsp3) is 0.923. The number of methoxy groups -OCH3 is 1. The third-order valence-electron chi connectivity index (χ3n) is 4.00. The van der Waals surface area contributed by atoms with Crippen LogP contribution in [0.15, 0.2) is 0 Å². The molecule has 2 unspecified atom stereocenters. The van der Waals surface area contributed by atoms with E-state index in [4.69, 9.17) is 9.84 Å². The Labute approximate surface area is 104 Å². The second-order valence-corrected chi connectivity index (χ2v) is 5.86. The summed E-state index contributed by atoms with van der Waals surface area (Å²) in [5.74, 6) is -0.603. The van der Waals surface area contributed by atoms with E-state index in [2.05, 4.69) is 25.7 Å². The number of hydrogen-bond acceptors (Lipinski definition) is 3. The summed E-state index contributed by atoms with van der Waals surface area (Å²) in [7, 11) is 1.73. The zero-order valence-corrected chi connectivity index (χ0v) is 11.6. The molecule has 0 aromatic carbocycles. The molecule has 1 aliphatic heterocycles. The molecule has 4 heteroatoms. The fourth-order valence-electron chi connectivity index (χ4n) is 2.35. The minimum absolute atomic E-state index is 0.108. The van der Waals surface area contributed by atoms with Gasteiger partial charge in [-0.05, 0) is 33.1 Å². The number of hydrogen-bond donors (Lipinski definition) is 1. The molecule has 0 saturated carbocycles. The van der Waals surface area contributed by atoms with E-state index in [0.717, 1.165) is 19.5 Å². The van der Waals surface area contributed by atoms with Crippen LogP contribution in [0.25, 0.3) is 0 Å². The van der Waals surface area contributed by atoms with Crippen molar-refractivity contribution in [1.82, 2.24) is 4.90 Å². The van der Waals surface area contributed by atoms with E-state index in [0.29, 0.717) is 12.0 Å². The zero-order chi connectivity index (χ0) is 13.2. The molecule has 0 spiro atoms. The number of carbonyl (C=O) groups is 1. The smallest absolute Gasteiger partial charge is 0.306 e. The number of nitrogens with zero attached hydrogens (tertiary/aromatic N) is 1. The molecule has 0 radical (unpaired) electrons. The van der Waals surface area contributed by atoms with Crippen LogP contribution < -0.4 is 0 Å². The highest BCUT2D eigenvalue weighted by atomic mass is 16.5. The number of carboxylic acids is 1. The van der Waals surface area contributed by atoms with Gasteiger partial charge in [0.1, 0.15) is 0 Å². The molecule has 17 heavy (non-hydrogen) atoms. The van der Waals surface area contributed by atoms with Crippen LogP contribution in [0, 0.1) is 11.8 Å². The second-order valence-electron chi connectivity index (χ2n) is 5.86. The standard InChI is InChI=1S/C13H25NO3/c1-9(6-13(3,4)17-5)14-7-11(8-14)10(2)12(15)16/h9-11H,6-8H2,1-5H3,(H,15,16). The average molecular weight is 243 g/mol. The number of aliphatic carboxylic acids is 1. The number of rotatable bonds is 6. The lowest BCUT2D eigenvalue weighted by Gasteiger charge is -2.46. The first-order chi connectivity index (χ1) is 7.76. The maximum atomic E-state index is 10.8. The molecule has 0 aliphatic carbocycles. The number of ether oxygens (including phenoxy) is 1. The fourth-order valence-corrected chi connectivity index (χ4v) is 2.35. The number of likely N-dealkylation sites (tertiary alicyclic amines) is 1. The normalized spacial score (nSPS) is 21.9. The molecule has 1 saturated heterocycles. The van der Waals surface area contributed by atoms with Gasteiger partial charge in [0, 0.05) is 26.2 Å². The van der Waals surface area contributed by atoms with E-state index in [-0.39, 0.29) is 11.5 Å². The molecule has 100 valence electrons. The Hall–Kier alpha value is -0.610. The first-order valence-corrected chi connectivity index (χ1v) is 6.29. The summed E-state index contributed by atoms with van der Waals surface area (Å²) in [5, 5.41) is 8.93. The van der Waals surface area contributed by atoms with Crippen molar-refractivity contribution < 1.29 is 14.6 Å². The molecule has 2 atom stereocenters. The van der Waals surface area contributed by atoms with Crippen LogP contribution in [0.4, 0.5) is 0 Å². The topological polar surface area (TPSA) is 49.8 Å². The Kier molecular flexibility index (Phi) is 4.55. The van der Waals surface area contributed by atoms with Crippen molar-refractivity contribution in [2.45, 2.75) is 45.8 Å². The van der Waals surface area contributed by atoms with Gasteiger partial charge in [-0.1, -0.05) is 6.92 Å². The highest BCUT2D eigenvalue weighted by molar-refractivity contribution is 5.70. The van der Waals surface area contributed by atoms with E-state index in [1.54, 1.807) is 14.0 Å². The summed E-state index contributed by atoms with van der Waals surface area (Å²) in [5.41, 5.74) is -0.108. The highest BCUT2D eigenvalue weighted by Gasteiger charge is 2.37. The van der Waals surface area contributed by atoms with E-state index in [1.807, 2.05) is 0 Å². The highest BCUT2D eigenvalue weighted by Crippen LogP contribution is 2.29. The quantitative estimate of drug-likeness (QED) is 0.773. The molecule has 4 nitrogen and oxygen atoms in total. The van der Waals surface area contributed by atoms with Crippen LogP contribution >= 0.6 is 0 Å². The Morgan fingerprint density at radius 2 is 2.00 bits per heavy atom. The van der Waals surface area contributed by atoms with E-state index in [9.17, 15) is 4.79 Å². The molecule has 1 fully saturated rings. The van der Waals surface area contributed by atoms with Gasteiger partial charge in [0.05, 0.1) is 11.5 Å². The molecule has 1 heterocycles. The molecule has 1 aliphatic rings. The molecule has 0 aromatic rings. The summed E-state index contributed by atoms with van der Waals surface area (Å²) in [6.45, 7) is 9.95. The van der Waals surface area contributed by atoms with Crippen LogP contribution in [0.3, 0.4) is 0 Å². The van der Waals surface area contributed by atoms with Gasteiger partial charge in [0.2, 0.25) is 0 Å². The largest absolute Gasteiger partial charge is 0.481 e. The molecule has 1 N–H and O–H groups in total. The molecule has 0 bridgehead atoms. The van der Waals surface area contributed by atoms with Crippen molar-refractivity contribution in [3.8, 4) is 0 Å². The van der Waals surface area contributed by atoms with E-state index < -0.39 is 5.97 Å². The van der Waals surface area contributed by atoms with Gasteiger partial charge >= 0.3 is 5.97 Å². The molecule has 1 rings (SSSR count). The van der Waals surface area contributed by atoms with Crippen molar-refractivity contribution in [3.05, 3.63) is 0 Å². The maximum Gasteiger partial charge on any atom is 0.306 e. The van der Waals surface area contributed by atoms with Gasteiger partial charge in [-0.15, -0.1) is 0 Å². The summed E-state index contributed by atoms with van der Waals surface area (Å²) in [4.78, 5) is 13.2. The van der Waals surface area contributed by atoms with Crippen LogP contribution in [0.5, 0.6) is 0 Å². The molecular formula is C13H25NO3. The summed E-state index contributed by atoms with van der Waals surface area (Å²) >= 11 is 0. The van der Waals surface area contributed by atoms with Crippen LogP contribution in [0.1, 0.15) is 34.1 Å². The Bertz CT molecular complexity index is 272. The third-order valence-corrected chi connectivity index (χ3v) is 4.00. The SMILES string of the molecule is COC(C)(C)CC(C)N1CC(C(C)C(=O)O)C1. The first-order valence-electron chi connectivity index (χ1n) is 6.29. The van der Waals surface area contributed by atoms with Crippen LogP contribution in [0.2, 0.25) is 0 Å². The van der Waals surface area contributed by atoms with Gasteiger partial charge in [-0.3, -0.25) is 9.69 Å². The van der Waals surface area contributed by atoms with Gasteiger partial charge in [-0.25, -0.2) is 0 Å². The van der Waals surface area contributed by atoms with Crippen LogP contribution in [-0.2, 0) is 9.53 Å². The maximum absolute atomic E-state index is 10.8. The minimum Gasteiger partial charge on any atom is -0.481 e. The van der Waals surface area contributed by atoms with Crippen molar-refractivity contribution >= 4 is 5.97 Å². The number of carboxylic acid groups (broad SMARTS) is 1. The Morgan fingerprint density at radius 3 is 2.41 bits per heavy atom. The summed E-state index contributed by atoms with van der Waals surface area (Å²) in [6.07, 6.45) is 0.970. The third kappa shape index (κ3) is 3.68. The molecular weight excluding hydrogens is 218 g/mol. The van der Waals surface area contributed by atoms with Crippen molar-refractivity contribution in [2.75, 3.05) is 20.2 Å². The lowest BCUT2D eigenvalue weighted by Crippen LogP contribution is -2.55. The summed E-state index contributed by atoms with van der Waals surface area (Å²) in [6, 6.07) is 0.446. The lowest BCUT2D eigenvalue weighted by atomic mass is 9.84. The van der Waals surface area contributed by atoms with Gasteiger partial charge < -0.3 is 9.84 Å². The van der Waals surface area contributed by atoms with Crippen molar-refractivity contribution in [3.63, 3.8) is 0 Å². The molecule has 0 aromatic heterocycles. The van der Waals surface area contributed by atoms with Gasteiger partial charge in [0.15, 0.2) is 0 Å². The van der Waals surface area contributed by atoms with Gasteiger partial charge in [-0.2, -0.15) is 0 Å². The van der Waals surface area contributed by atoms with Crippen LogP contribution in [-0.4, -0.2) is 47.8 Å². The second kappa shape index (κ2) is 5.36. The van der Waals surface area contributed by atoms with E-state index in [1.165, 1.54) is 0 Å². The Balaban J connectivity index is 2.35. The lowest BCUT2D eigenvalue weighted by molar-refractivity contribution is -0.146. The summed E-state index contributed by atoms with van der Waals surface area (Å²) < 4.78 is 5.42. The Morgan fingerprint density at radius 1 is 1.47 bits per heavy atom. The van der Waals surface area contributed by atoms with Gasteiger partial charge in [0.25, 0.3) is 0 Å². The van der Waals surface area contributed by atoms with Crippen molar-refractivity contribution in [1.29, 1.82) is 0 Å². The minimum atomic E-state index is -0.681. The monoisotopic (exact) mass is 243 g/mol. The predicted octanol–water partition coefficient (Wildman–Crippen LogP) is 1.84. The van der Waals surface area contributed by atoms with Crippen molar-refractivity contribution in [2.24, 2.45) is 11.8 Å². The average Bonchev–Trinajstić information content (AvgIpc) is 2.14. The molecule has 0 amide bonds.